The van der Waals surface area contributed by atoms with Gasteiger partial charge >= 0.3 is 0 Å². The van der Waals surface area contributed by atoms with Gasteiger partial charge in [0.2, 0.25) is 5.91 Å². The third-order valence-electron chi connectivity index (χ3n) is 3.75. The van der Waals surface area contributed by atoms with Crippen molar-refractivity contribution in [2.45, 2.75) is 18.1 Å². The minimum atomic E-state index is 0.258. The third kappa shape index (κ3) is 3.89. The van der Waals surface area contributed by atoms with E-state index in [1.807, 2.05) is 58.3 Å². The van der Waals surface area contributed by atoms with Crippen molar-refractivity contribution < 1.29 is 4.79 Å². The van der Waals surface area contributed by atoms with Crippen LogP contribution in [0, 0.1) is 0 Å². The third-order valence-corrected chi connectivity index (χ3v) is 6.20. The van der Waals surface area contributed by atoms with E-state index in [9.17, 15) is 4.79 Å². The molecule has 0 saturated carbocycles. The largest absolute Gasteiger partial charge is 0.342 e. The van der Waals surface area contributed by atoms with Gasteiger partial charge in [0.25, 0.3) is 0 Å². The summed E-state index contributed by atoms with van der Waals surface area (Å²) in [6, 6.07) is 14.4. The van der Waals surface area contributed by atoms with Gasteiger partial charge in [-0.05, 0) is 23.4 Å². The van der Waals surface area contributed by atoms with Gasteiger partial charge in [0.1, 0.15) is 0 Å². The topological polar surface area (TPSA) is 20.3 Å². The molecule has 2 heterocycles. The van der Waals surface area contributed by atoms with Crippen LogP contribution in [0.2, 0.25) is 0 Å². The average molecular weight is 317 g/mol. The van der Waals surface area contributed by atoms with E-state index in [0.717, 1.165) is 30.8 Å². The molecule has 1 aliphatic heterocycles. The normalized spacial score (nSPS) is 19.2. The lowest BCUT2D eigenvalue weighted by Gasteiger charge is -2.20. The molecular formula is C17H19NOS2. The molecule has 0 radical (unpaired) electrons. The van der Waals surface area contributed by atoms with E-state index in [-0.39, 0.29) is 5.91 Å². The predicted molar refractivity (Wildman–Crippen MR) is 90.9 cm³/mol. The Kier molecular flexibility index (Phi) is 4.99. The van der Waals surface area contributed by atoms with Gasteiger partial charge in [0, 0.05) is 29.0 Å². The van der Waals surface area contributed by atoms with Crippen molar-refractivity contribution in [1.82, 2.24) is 4.90 Å². The SMILES string of the molecule is O=C(Cc1ccccc1)N1CCSC(c2cccs2)CC1. The number of rotatable bonds is 3. The Morgan fingerprint density at radius 1 is 1.14 bits per heavy atom. The van der Waals surface area contributed by atoms with Crippen LogP contribution in [0.3, 0.4) is 0 Å². The summed E-state index contributed by atoms with van der Waals surface area (Å²) in [6.45, 7) is 1.75. The maximum absolute atomic E-state index is 12.4. The molecule has 1 aliphatic rings. The van der Waals surface area contributed by atoms with Crippen LogP contribution in [0.15, 0.2) is 47.8 Å². The molecule has 0 bridgehead atoms. The minimum absolute atomic E-state index is 0.258. The lowest BCUT2D eigenvalue weighted by molar-refractivity contribution is -0.130. The first-order valence-electron chi connectivity index (χ1n) is 7.29. The summed E-state index contributed by atoms with van der Waals surface area (Å²) in [5.41, 5.74) is 1.11. The monoisotopic (exact) mass is 317 g/mol. The van der Waals surface area contributed by atoms with E-state index < -0.39 is 0 Å². The molecule has 1 aromatic carbocycles. The van der Waals surface area contributed by atoms with Gasteiger partial charge in [-0.25, -0.2) is 0 Å². The zero-order chi connectivity index (χ0) is 14.5. The maximum Gasteiger partial charge on any atom is 0.227 e. The number of carbonyl (C=O) groups is 1. The first-order valence-corrected chi connectivity index (χ1v) is 9.22. The quantitative estimate of drug-likeness (QED) is 0.853. The Morgan fingerprint density at radius 3 is 2.76 bits per heavy atom. The van der Waals surface area contributed by atoms with E-state index in [2.05, 4.69) is 17.5 Å². The number of hydrogen-bond acceptors (Lipinski definition) is 3. The van der Waals surface area contributed by atoms with Crippen LogP contribution in [0.25, 0.3) is 0 Å². The molecule has 1 amide bonds. The second-order valence-electron chi connectivity index (χ2n) is 5.21. The number of thioether (sulfide) groups is 1. The van der Waals surface area contributed by atoms with Crippen LogP contribution >= 0.6 is 23.1 Å². The van der Waals surface area contributed by atoms with Gasteiger partial charge < -0.3 is 4.90 Å². The molecule has 21 heavy (non-hydrogen) atoms. The van der Waals surface area contributed by atoms with Crippen LogP contribution in [-0.2, 0) is 11.2 Å². The summed E-state index contributed by atoms with van der Waals surface area (Å²) < 4.78 is 0. The molecule has 0 N–H and O–H groups in total. The number of benzene rings is 1. The number of hydrogen-bond donors (Lipinski definition) is 0. The molecule has 0 aliphatic carbocycles. The smallest absolute Gasteiger partial charge is 0.227 e. The van der Waals surface area contributed by atoms with Crippen molar-refractivity contribution >= 4 is 29.0 Å². The van der Waals surface area contributed by atoms with Crippen LogP contribution in [0.5, 0.6) is 0 Å². The maximum atomic E-state index is 12.4. The van der Waals surface area contributed by atoms with Crippen molar-refractivity contribution in [1.29, 1.82) is 0 Å². The van der Waals surface area contributed by atoms with E-state index in [4.69, 9.17) is 0 Å². The highest BCUT2D eigenvalue weighted by Gasteiger charge is 2.22. The Bertz CT molecular complexity index is 568. The van der Waals surface area contributed by atoms with Gasteiger partial charge in [-0.3, -0.25) is 4.79 Å². The van der Waals surface area contributed by atoms with Gasteiger partial charge in [-0.15, -0.1) is 11.3 Å². The van der Waals surface area contributed by atoms with Crippen LogP contribution in [0.4, 0.5) is 0 Å². The Labute approximate surface area is 134 Å². The summed E-state index contributed by atoms with van der Waals surface area (Å²) in [4.78, 5) is 15.9. The first kappa shape index (κ1) is 14.7. The van der Waals surface area contributed by atoms with Crippen molar-refractivity contribution in [3.8, 4) is 0 Å². The molecule has 1 fully saturated rings. The number of nitrogens with zero attached hydrogens (tertiary/aromatic N) is 1. The number of carbonyl (C=O) groups excluding carboxylic acids is 1. The van der Waals surface area contributed by atoms with Gasteiger partial charge in [-0.1, -0.05) is 36.4 Å². The number of amides is 1. The molecule has 1 atom stereocenters. The molecular weight excluding hydrogens is 298 g/mol. The summed E-state index contributed by atoms with van der Waals surface area (Å²) >= 11 is 3.81. The zero-order valence-corrected chi connectivity index (χ0v) is 13.5. The summed E-state index contributed by atoms with van der Waals surface area (Å²) in [7, 11) is 0. The number of thiophene rings is 1. The summed E-state index contributed by atoms with van der Waals surface area (Å²) in [6.07, 6.45) is 1.58. The fourth-order valence-corrected chi connectivity index (χ4v) is 4.84. The van der Waals surface area contributed by atoms with Crippen molar-refractivity contribution in [2.75, 3.05) is 18.8 Å². The highest BCUT2D eigenvalue weighted by atomic mass is 32.2. The Morgan fingerprint density at radius 2 is 2.00 bits per heavy atom. The lowest BCUT2D eigenvalue weighted by Crippen LogP contribution is -2.34. The van der Waals surface area contributed by atoms with Gasteiger partial charge in [0.05, 0.1) is 6.42 Å². The Balaban J connectivity index is 1.58. The van der Waals surface area contributed by atoms with E-state index in [0.29, 0.717) is 11.7 Å². The fraction of sp³-hybridized carbons (Fsp3) is 0.353. The highest BCUT2D eigenvalue weighted by Crippen LogP contribution is 2.36. The van der Waals surface area contributed by atoms with Crippen LogP contribution < -0.4 is 0 Å². The van der Waals surface area contributed by atoms with Crippen molar-refractivity contribution in [3.63, 3.8) is 0 Å². The second kappa shape index (κ2) is 7.14. The van der Waals surface area contributed by atoms with Crippen molar-refractivity contribution in [3.05, 3.63) is 58.3 Å². The average Bonchev–Trinajstić information content (AvgIpc) is 2.93. The highest BCUT2D eigenvalue weighted by molar-refractivity contribution is 7.99. The molecule has 2 nitrogen and oxygen atoms in total. The van der Waals surface area contributed by atoms with Crippen molar-refractivity contribution in [2.24, 2.45) is 0 Å². The lowest BCUT2D eigenvalue weighted by atomic mass is 10.1. The molecule has 1 unspecified atom stereocenters. The van der Waals surface area contributed by atoms with E-state index in [1.54, 1.807) is 0 Å². The first-order chi connectivity index (χ1) is 10.3. The van der Waals surface area contributed by atoms with E-state index >= 15 is 0 Å². The second-order valence-corrected chi connectivity index (χ2v) is 7.50. The summed E-state index contributed by atoms with van der Waals surface area (Å²) in [5, 5.41) is 2.69. The molecule has 0 spiro atoms. The molecule has 2 aromatic rings. The van der Waals surface area contributed by atoms with E-state index in [1.165, 1.54) is 4.88 Å². The Hall–Kier alpha value is -1.26. The molecule has 3 rings (SSSR count). The van der Waals surface area contributed by atoms with Crippen LogP contribution in [-0.4, -0.2) is 29.6 Å². The standard InChI is InChI=1S/C17H19NOS2/c19-17(13-14-5-2-1-3-6-14)18-9-8-16(21-12-10-18)15-7-4-11-20-15/h1-7,11,16H,8-10,12-13H2. The molecule has 110 valence electrons. The van der Waals surface area contributed by atoms with Gasteiger partial charge in [-0.2, -0.15) is 11.8 Å². The molecule has 1 aromatic heterocycles. The molecule has 1 saturated heterocycles. The summed E-state index contributed by atoms with van der Waals surface area (Å²) in [5.74, 6) is 1.29. The van der Waals surface area contributed by atoms with Gasteiger partial charge in [0.15, 0.2) is 0 Å². The molecule has 4 heteroatoms. The zero-order valence-electron chi connectivity index (χ0n) is 11.9. The predicted octanol–water partition coefficient (Wildman–Crippen LogP) is 4.00. The fourth-order valence-electron chi connectivity index (χ4n) is 2.60. The minimum Gasteiger partial charge on any atom is -0.342 e. The van der Waals surface area contributed by atoms with Crippen LogP contribution in [0.1, 0.15) is 22.1 Å².